The van der Waals surface area contributed by atoms with E-state index in [-0.39, 0.29) is 47.6 Å². The molecule has 2 atom stereocenters. The lowest BCUT2D eigenvalue weighted by molar-refractivity contribution is -0.138. The van der Waals surface area contributed by atoms with Gasteiger partial charge in [-0.25, -0.2) is 4.39 Å². The summed E-state index contributed by atoms with van der Waals surface area (Å²) in [5, 5.41) is 4.51. The Bertz CT molecular complexity index is 1420. The fraction of sp³-hybridized carbons (Fsp3) is 0.320. The molecule has 0 spiro atoms. The molecule has 2 unspecified atom stereocenters. The van der Waals surface area contributed by atoms with E-state index in [9.17, 15) is 27.2 Å². The minimum atomic E-state index is -4.56. The number of imide groups is 1. The fourth-order valence-electron chi connectivity index (χ4n) is 4.68. The molecule has 3 heterocycles. The lowest BCUT2D eigenvalue weighted by Crippen LogP contribution is -2.40. The van der Waals surface area contributed by atoms with Crippen LogP contribution in [0.3, 0.4) is 0 Å². The molecule has 5 rings (SSSR count). The number of aromatic nitrogens is 2. The first-order valence-corrected chi connectivity index (χ1v) is 12.6. The maximum atomic E-state index is 13.7. The van der Waals surface area contributed by atoms with Crippen molar-refractivity contribution in [1.82, 2.24) is 19.6 Å². The quantitative estimate of drug-likeness (QED) is 0.294. The van der Waals surface area contributed by atoms with Gasteiger partial charge >= 0.3 is 6.18 Å². The maximum absolute atomic E-state index is 13.7. The first kappa shape index (κ1) is 25.7. The van der Waals surface area contributed by atoms with E-state index in [1.54, 1.807) is 31.3 Å². The van der Waals surface area contributed by atoms with Crippen LogP contribution in [0.1, 0.15) is 23.1 Å². The van der Waals surface area contributed by atoms with Crippen molar-refractivity contribution in [3.05, 3.63) is 69.2 Å². The summed E-state index contributed by atoms with van der Waals surface area (Å²) in [6.07, 6.45) is -2.12. The predicted molar refractivity (Wildman–Crippen MR) is 134 cm³/mol. The van der Waals surface area contributed by atoms with Gasteiger partial charge in [0.2, 0.25) is 0 Å². The lowest BCUT2D eigenvalue weighted by Gasteiger charge is -2.23. The van der Waals surface area contributed by atoms with Gasteiger partial charge in [-0.15, -0.1) is 0 Å². The van der Waals surface area contributed by atoms with Crippen molar-refractivity contribution >= 4 is 51.5 Å². The van der Waals surface area contributed by atoms with Gasteiger partial charge in [0.15, 0.2) is 0 Å². The molecule has 37 heavy (non-hydrogen) atoms. The van der Waals surface area contributed by atoms with E-state index in [4.69, 9.17) is 11.6 Å². The number of halogens is 5. The van der Waals surface area contributed by atoms with Gasteiger partial charge in [0, 0.05) is 29.5 Å². The van der Waals surface area contributed by atoms with Gasteiger partial charge in [0.25, 0.3) is 11.1 Å². The minimum Gasteiger partial charge on any atom is -0.299 e. The van der Waals surface area contributed by atoms with E-state index in [2.05, 4.69) is 5.10 Å². The number of carbonyl (C=O) groups excluding carboxylic acids is 2. The number of hydrogen-bond acceptors (Lipinski definition) is 5. The van der Waals surface area contributed by atoms with Crippen molar-refractivity contribution in [3.63, 3.8) is 0 Å². The number of likely N-dealkylation sites (N-methyl/N-ethyl adjacent to an activating group) is 1. The number of fused-ring (bicyclic) bond motifs is 1. The molecule has 2 saturated heterocycles. The summed E-state index contributed by atoms with van der Waals surface area (Å²) < 4.78 is 55.6. The van der Waals surface area contributed by atoms with Crippen LogP contribution in [0.4, 0.5) is 22.4 Å². The zero-order chi connectivity index (χ0) is 26.5. The predicted octanol–water partition coefficient (Wildman–Crippen LogP) is 5.84. The normalized spacial score (nSPS) is 22.2. The molecule has 6 nitrogen and oxygen atoms in total. The van der Waals surface area contributed by atoms with E-state index < -0.39 is 29.1 Å². The summed E-state index contributed by atoms with van der Waals surface area (Å²) in [4.78, 5) is 28.6. The maximum Gasteiger partial charge on any atom is 0.416 e. The number of carbonyl (C=O) groups is 2. The van der Waals surface area contributed by atoms with Gasteiger partial charge in [-0.2, -0.15) is 18.3 Å². The highest BCUT2D eigenvalue weighted by Crippen LogP contribution is 2.36. The minimum absolute atomic E-state index is 0.00248. The summed E-state index contributed by atoms with van der Waals surface area (Å²) in [5.74, 6) is -0.427. The molecule has 0 N–H and O–H groups in total. The van der Waals surface area contributed by atoms with Crippen LogP contribution < -0.4 is 0 Å². The lowest BCUT2D eigenvalue weighted by atomic mass is 10.1. The van der Waals surface area contributed by atoms with E-state index in [0.29, 0.717) is 16.5 Å². The van der Waals surface area contributed by atoms with Gasteiger partial charge < -0.3 is 0 Å². The molecule has 0 aliphatic carbocycles. The first-order chi connectivity index (χ1) is 17.5. The number of nitrogens with zero attached hydrogens (tertiary/aromatic N) is 4. The molecule has 3 aromatic rings. The van der Waals surface area contributed by atoms with Crippen LogP contribution in [0, 0.1) is 0 Å². The standard InChI is InChI=1S/C25H21ClF4N4O2S/c1-32-12-18(27)9-19(32)13-33-23(35)22(37-24(33)36)7-14-2-5-21-16(6-14)10-31-34(21)11-15-3-4-17(26)8-20(15)25(28,29)30/h2-8,10,18-19H,9,11-13H2,1H3. The molecular formula is C25H21ClF4N4O2S. The van der Waals surface area contributed by atoms with Crippen LogP contribution in [-0.4, -0.2) is 63.1 Å². The molecule has 194 valence electrons. The van der Waals surface area contributed by atoms with Gasteiger partial charge in [0.1, 0.15) is 6.17 Å². The Kier molecular flexibility index (Phi) is 6.80. The molecule has 2 aromatic carbocycles. The average molecular weight is 553 g/mol. The highest BCUT2D eigenvalue weighted by atomic mass is 35.5. The Labute approximate surface area is 218 Å². The van der Waals surface area contributed by atoms with Crippen molar-refractivity contribution < 1.29 is 27.2 Å². The van der Waals surface area contributed by atoms with Crippen LogP contribution >= 0.6 is 23.4 Å². The van der Waals surface area contributed by atoms with Crippen molar-refractivity contribution in [2.45, 2.75) is 31.4 Å². The van der Waals surface area contributed by atoms with Crippen molar-refractivity contribution in [2.75, 3.05) is 20.1 Å². The van der Waals surface area contributed by atoms with Crippen LogP contribution in [0.15, 0.2) is 47.5 Å². The largest absolute Gasteiger partial charge is 0.416 e. The summed E-state index contributed by atoms with van der Waals surface area (Å²) >= 11 is 6.60. The van der Waals surface area contributed by atoms with Crippen molar-refractivity contribution in [2.24, 2.45) is 0 Å². The number of thioether (sulfide) groups is 1. The Morgan fingerprint density at radius 2 is 1.97 bits per heavy atom. The molecule has 2 aliphatic rings. The SMILES string of the molecule is CN1CC(F)CC1CN1C(=O)SC(=Cc2ccc3c(cnn3Cc3ccc(Cl)cc3C(F)(F)F)c2)C1=O. The number of rotatable bonds is 5. The fourth-order valence-corrected chi connectivity index (χ4v) is 5.70. The Balaban J connectivity index is 1.36. The first-order valence-electron chi connectivity index (χ1n) is 11.4. The second kappa shape index (κ2) is 9.77. The second-order valence-electron chi connectivity index (χ2n) is 9.14. The van der Waals surface area contributed by atoms with Crippen LogP contribution in [-0.2, 0) is 17.5 Å². The molecular weight excluding hydrogens is 532 g/mol. The monoisotopic (exact) mass is 552 g/mol. The molecule has 0 saturated carbocycles. The van der Waals surface area contributed by atoms with Crippen LogP contribution in [0.2, 0.25) is 5.02 Å². The number of amides is 2. The third-order valence-corrected chi connectivity index (χ3v) is 7.71. The summed E-state index contributed by atoms with van der Waals surface area (Å²) in [7, 11) is 1.77. The molecule has 2 aliphatic heterocycles. The molecule has 1 aromatic heterocycles. The molecule has 2 fully saturated rings. The molecule has 0 bridgehead atoms. The average Bonchev–Trinajstić information content (AvgIpc) is 3.45. The number of likely N-dealkylation sites (tertiary alicyclic amines) is 1. The van der Waals surface area contributed by atoms with Crippen molar-refractivity contribution in [1.29, 1.82) is 0 Å². The Morgan fingerprint density at radius 1 is 1.19 bits per heavy atom. The summed E-state index contributed by atoms with van der Waals surface area (Å²) in [6, 6.07) is 8.58. The van der Waals surface area contributed by atoms with Crippen molar-refractivity contribution in [3.8, 4) is 0 Å². The van der Waals surface area contributed by atoms with E-state index in [1.807, 2.05) is 4.90 Å². The third-order valence-electron chi connectivity index (χ3n) is 6.57. The topological polar surface area (TPSA) is 58.4 Å². The van der Waals surface area contributed by atoms with E-state index in [1.165, 1.54) is 23.0 Å². The Morgan fingerprint density at radius 3 is 2.68 bits per heavy atom. The summed E-state index contributed by atoms with van der Waals surface area (Å²) in [6.45, 7) is 0.304. The van der Waals surface area contributed by atoms with Gasteiger partial charge in [0.05, 0.1) is 28.7 Å². The third kappa shape index (κ3) is 5.25. The van der Waals surface area contributed by atoms with Crippen LogP contribution in [0.5, 0.6) is 0 Å². The van der Waals surface area contributed by atoms with E-state index >= 15 is 0 Å². The second-order valence-corrected chi connectivity index (χ2v) is 10.6. The highest BCUT2D eigenvalue weighted by molar-refractivity contribution is 8.18. The number of alkyl halides is 4. The van der Waals surface area contributed by atoms with Crippen LogP contribution in [0.25, 0.3) is 17.0 Å². The molecule has 12 heteroatoms. The zero-order valence-corrected chi connectivity index (χ0v) is 21.1. The smallest absolute Gasteiger partial charge is 0.299 e. The van der Waals surface area contributed by atoms with Gasteiger partial charge in [-0.3, -0.25) is 24.1 Å². The van der Waals surface area contributed by atoms with Gasteiger partial charge in [-0.05, 0) is 66.7 Å². The summed E-state index contributed by atoms with van der Waals surface area (Å²) in [5.41, 5.74) is 0.466. The number of benzene rings is 2. The molecule has 2 amide bonds. The van der Waals surface area contributed by atoms with E-state index in [0.717, 1.165) is 22.7 Å². The Hall–Kier alpha value is -2.89. The number of hydrogen-bond donors (Lipinski definition) is 0. The zero-order valence-electron chi connectivity index (χ0n) is 19.5. The van der Waals surface area contributed by atoms with Gasteiger partial charge in [-0.1, -0.05) is 23.7 Å². The highest BCUT2D eigenvalue weighted by Gasteiger charge is 2.39. The molecule has 0 radical (unpaired) electrons.